The van der Waals surface area contributed by atoms with Crippen molar-refractivity contribution in [1.82, 2.24) is 10.1 Å². The second-order valence-electron chi connectivity index (χ2n) is 8.88. The van der Waals surface area contributed by atoms with E-state index in [-0.39, 0.29) is 0 Å². The van der Waals surface area contributed by atoms with E-state index in [4.69, 9.17) is 19.5 Å². The van der Waals surface area contributed by atoms with Gasteiger partial charge in [0.2, 0.25) is 0 Å². The van der Waals surface area contributed by atoms with Crippen molar-refractivity contribution in [1.29, 1.82) is 0 Å². The predicted octanol–water partition coefficient (Wildman–Crippen LogP) is 4.60. The molecule has 0 bridgehead atoms. The Morgan fingerprint density at radius 3 is 2.33 bits per heavy atom. The number of hydrogen-bond acceptors (Lipinski definition) is 6. The molecule has 4 rings (SSSR count). The van der Waals surface area contributed by atoms with Gasteiger partial charge >= 0.3 is 11.9 Å². The van der Waals surface area contributed by atoms with Crippen molar-refractivity contribution in [2.75, 3.05) is 26.2 Å². The van der Waals surface area contributed by atoms with Crippen LogP contribution in [-0.4, -0.2) is 58.4 Å². The molecule has 2 N–H and O–H groups in total. The zero-order chi connectivity index (χ0) is 23.5. The molecule has 1 saturated carbocycles. The quantitative estimate of drug-likeness (QED) is 0.552. The lowest BCUT2D eigenvalue weighted by atomic mass is 9.87. The van der Waals surface area contributed by atoms with Crippen molar-refractivity contribution in [3.8, 4) is 5.88 Å². The number of hydrogen-bond donors (Lipinski definition) is 2. The highest BCUT2D eigenvalue weighted by Crippen LogP contribution is 2.28. The molecule has 1 aliphatic heterocycles. The molecule has 1 aromatic heterocycles. The highest BCUT2D eigenvalue weighted by Gasteiger charge is 2.23. The normalized spacial score (nSPS) is 18.2. The van der Waals surface area contributed by atoms with E-state index in [9.17, 15) is 9.59 Å². The van der Waals surface area contributed by atoms with Crippen LogP contribution in [0.5, 0.6) is 5.88 Å². The Hall–Kier alpha value is -2.87. The van der Waals surface area contributed by atoms with Crippen LogP contribution in [-0.2, 0) is 9.59 Å². The van der Waals surface area contributed by atoms with Crippen molar-refractivity contribution in [2.45, 2.75) is 51.4 Å². The van der Waals surface area contributed by atoms with Gasteiger partial charge in [-0.15, -0.1) is 0 Å². The largest absolute Gasteiger partial charge is 0.478 e. The molecule has 0 radical (unpaired) electrons. The van der Waals surface area contributed by atoms with E-state index >= 15 is 0 Å². The van der Waals surface area contributed by atoms with Crippen LogP contribution >= 0.6 is 0 Å². The van der Waals surface area contributed by atoms with Gasteiger partial charge in [0, 0.05) is 18.7 Å². The number of aliphatic carboxylic acids is 2. The first-order valence-electron chi connectivity index (χ1n) is 11.8. The second-order valence-corrected chi connectivity index (χ2v) is 8.88. The van der Waals surface area contributed by atoms with Crippen LogP contribution < -0.4 is 4.74 Å². The minimum Gasteiger partial charge on any atom is -0.478 e. The minimum absolute atomic E-state index is 0.558. The molecule has 0 unspecified atom stereocenters. The zero-order valence-corrected chi connectivity index (χ0v) is 19.0. The van der Waals surface area contributed by atoms with Crippen LogP contribution in [0.25, 0.3) is 11.0 Å². The molecular weight excluding hydrogens is 424 g/mol. The molecule has 33 heavy (non-hydrogen) atoms. The number of likely N-dealkylation sites (tertiary alicyclic amines) is 1. The third kappa shape index (κ3) is 8.53. The fourth-order valence-electron chi connectivity index (χ4n) is 4.62. The minimum atomic E-state index is -1.26. The summed E-state index contributed by atoms with van der Waals surface area (Å²) in [6, 6.07) is 7.88. The fraction of sp³-hybridized carbons (Fsp3) is 0.560. The maximum absolute atomic E-state index is 9.55. The average Bonchev–Trinajstić information content (AvgIpc) is 3.23. The Labute approximate surface area is 194 Å². The molecule has 0 atom stereocenters. The first kappa shape index (κ1) is 24.8. The van der Waals surface area contributed by atoms with E-state index in [0.29, 0.717) is 18.0 Å². The summed E-state index contributed by atoms with van der Waals surface area (Å²) in [5.74, 6) is -0.111. The van der Waals surface area contributed by atoms with Gasteiger partial charge in [0.25, 0.3) is 5.88 Å². The van der Waals surface area contributed by atoms with E-state index in [0.717, 1.165) is 35.8 Å². The lowest BCUT2D eigenvalue weighted by Gasteiger charge is -2.35. The lowest BCUT2D eigenvalue weighted by molar-refractivity contribution is -0.134. The second kappa shape index (κ2) is 13.0. The SMILES string of the molecule is O=C(O)/C=C/C(=O)O.c1ccc2c(OCCC3CCN(CC4CCCCC4)CC3)noc2c1. The number of benzene rings is 1. The van der Waals surface area contributed by atoms with Crippen LogP contribution in [0.3, 0.4) is 0 Å². The van der Waals surface area contributed by atoms with E-state index in [1.807, 2.05) is 24.3 Å². The van der Waals surface area contributed by atoms with Gasteiger partial charge in [0.15, 0.2) is 5.58 Å². The molecule has 0 spiro atoms. The van der Waals surface area contributed by atoms with Crippen molar-refractivity contribution in [3.05, 3.63) is 36.4 Å². The average molecular weight is 459 g/mol. The third-order valence-electron chi connectivity index (χ3n) is 6.43. The zero-order valence-electron chi connectivity index (χ0n) is 19.0. The van der Waals surface area contributed by atoms with Gasteiger partial charge in [-0.3, -0.25) is 0 Å². The van der Waals surface area contributed by atoms with E-state index in [2.05, 4.69) is 10.1 Å². The fourth-order valence-corrected chi connectivity index (χ4v) is 4.62. The Kier molecular flexibility index (Phi) is 9.75. The van der Waals surface area contributed by atoms with Gasteiger partial charge in [0.05, 0.1) is 12.0 Å². The molecular formula is C25H34N2O6. The van der Waals surface area contributed by atoms with Gasteiger partial charge in [-0.1, -0.05) is 31.4 Å². The smallest absolute Gasteiger partial charge is 0.328 e. The Balaban J connectivity index is 0.000000331. The van der Waals surface area contributed by atoms with E-state index in [1.54, 1.807) is 0 Å². The molecule has 0 amide bonds. The number of piperidine rings is 1. The van der Waals surface area contributed by atoms with Crippen molar-refractivity contribution < 1.29 is 29.1 Å². The van der Waals surface area contributed by atoms with Crippen LogP contribution in [0.4, 0.5) is 0 Å². The van der Waals surface area contributed by atoms with Crippen LogP contribution in [0.1, 0.15) is 51.4 Å². The molecule has 2 heterocycles. The van der Waals surface area contributed by atoms with Gasteiger partial charge < -0.3 is 24.4 Å². The summed E-state index contributed by atoms with van der Waals surface area (Å²) >= 11 is 0. The summed E-state index contributed by atoms with van der Waals surface area (Å²) in [7, 11) is 0. The molecule has 2 aromatic rings. The van der Waals surface area contributed by atoms with Gasteiger partial charge in [-0.05, 0) is 74.3 Å². The Morgan fingerprint density at radius 1 is 1.00 bits per heavy atom. The molecule has 1 saturated heterocycles. The number of fused-ring (bicyclic) bond motifs is 1. The highest BCUT2D eigenvalue weighted by molar-refractivity contribution is 5.89. The highest BCUT2D eigenvalue weighted by atomic mass is 16.5. The molecule has 8 heteroatoms. The third-order valence-corrected chi connectivity index (χ3v) is 6.43. The van der Waals surface area contributed by atoms with Gasteiger partial charge in [0.1, 0.15) is 0 Å². The number of carbonyl (C=O) groups is 2. The number of ether oxygens (including phenoxy) is 1. The molecule has 2 fully saturated rings. The van der Waals surface area contributed by atoms with E-state index in [1.165, 1.54) is 64.6 Å². The Morgan fingerprint density at radius 2 is 1.67 bits per heavy atom. The van der Waals surface area contributed by atoms with Crippen molar-refractivity contribution in [2.24, 2.45) is 11.8 Å². The van der Waals surface area contributed by atoms with Crippen molar-refractivity contribution in [3.63, 3.8) is 0 Å². The molecule has 8 nitrogen and oxygen atoms in total. The molecule has 1 aromatic carbocycles. The number of para-hydroxylation sites is 1. The molecule has 2 aliphatic rings. The summed E-state index contributed by atoms with van der Waals surface area (Å²) in [5, 5.41) is 20.7. The summed E-state index contributed by atoms with van der Waals surface area (Å²) in [6.07, 6.45) is 12.1. The van der Waals surface area contributed by atoms with E-state index < -0.39 is 11.9 Å². The maximum Gasteiger partial charge on any atom is 0.328 e. The number of aromatic nitrogens is 1. The topological polar surface area (TPSA) is 113 Å². The van der Waals surface area contributed by atoms with Crippen molar-refractivity contribution >= 4 is 22.9 Å². The monoisotopic (exact) mass is 458 g/mol. The summed E-state index contributed by atoms with van der Waals surface area (Å²) in [5.41, 5.74) is 0.800. The number of rotatable bonds is 8. The van der Waals surface area contributed by atoms with Crippen LogP contribution in [0, 0.1) is 11.8 Å². The predicted molar refractivity (Wildman–Crippen MR) is 124 cm³/mol. The summed E-state index contributed by atoms with van der Waals surface area (Å²) in [4.78, 5) is 21.8. The number of nitrogens with zero attached hydrogens (tertiary/aromatic N) is 2. The maximum atomic E-state index is 9.55. The Bertz CT molecular complexity index is 895. The molecule has 180 valence electrons. The summed E-state index contributed by atoms with van der Waals surface area (Å²) < 4.78 is 11.2. The number of carboxylic acid groups (broad SMARTS) is 2. The van der Waals surface area contributed by atoms with Crippen LogP contribution in [0.2, 0.25) is 0 Å². The van der Waals surface area contributed by atoms with Gasteiger partial charge in [-0.2, -0.15) is 0 Å². The lowest BCUT2D eigenvalue weighted by Crippen LogP contribution is -2.37. The molecule has 1 aliphatic carbocycles. The van der Waals surface area contributed by atoms with Gasteiger partial charge in [-0.25, -0.2) is 9.59 Å². The first-order chi connectivity index (χ1) is 16.0. The number of carboxylic acids is 2. The first-order valence-corrected chi connectivity index (χ1v) is 11.8. The standard InChI is InChI=1S/C21H30N2O2.C4H4O4/c1-2-6-18(7-3-1)16-23-13-10-17(11-14-23)12-15-24-21-19-8-4-5-9-20(19)25-22-21;5-3(6)1-2-4(7)8/h4-5,8-9,17-18H,1-3,6-7,10-16H2;1-2H,(H,5,6)(H,7,8)/b;2-1+. The van der Waals surface area contributed by atoms with Crippen LogP contribution in [0.15, 0.2) is 40.9 Å². The summed E-state index contributed by atoms with van der Waals surface area (Å²) in [6.45, 7) is 4.63.